The monoisotopic (exact) mass is 452 g/mol. The van der Waals surface area contributed by atoms with E-state index >= 15 is 0 Å². The lowest BCUT2D eigenvalue weighted by molar-refractivity contribution is -0.384. The highest BCUT2D eigenvalue weighted by Gasteiger charge is 2.24. The second-order valence-electron chi connectivity index (χ2n) is 6.86. The first kappa shape index (κ1) is 22.8. The van der Waals surface area contributed by atoms with Crippen molar-refractivity contribution in [1.29, 1.82) is 5.26 Å². The molecule has 1 amide bonds. The summed E-state index contributed by atoms with van der Waals surface area (Å²) in [5, 5.41) is 23.1. The number of fused-ring (bicyclic) bond motifs is 1. The lowest BCUT2D eigenvalue weighted by Gasteiger charge is -2.17. The van der Waals surface area contributed by atoms with E-state index < -0.39 is 22.8 Å². The van der Waals surface area contributed by atoms with Gasteiger partial charge in [-0.05, 0) is 36.6 Å². The van der Waals surface area contributed by atoms with Crippen LogP contribution in [0.1, 0.15) is 27.9 Å². The standard InChI is InChI=1S/C22H20N4O5S/c1-32-10-8-19(24-21(27)15-5-4-6-17(11-15)26(29)30)22(28)31-14-16-13-25-9-3-2-7-20(25)18(16)12-23/h2-7,9,11,13,19H,8,10,14H2,1H3,(H,24,27). The summed E-state index contributed by atoms with van der Waals surface area (Å²) >= 11 is 1.51. The Labute approximate surface area is 188 Å². The van der Waals surface area contributed by atoms with Crippen molar-refractivity contribution in [1.82, 2.24) is 9.72 Å². The average Bonchev–Trinajstić information content (AvgIpc) is 3.17. The number of nitriles is 1. The van der Waals surface area contributed by atoms with Crippen molar-refractivity contribution in [3.63, 3.8) is 0 Å². The fourth-order valence-corrected chi connectivity index (χ4v) is 3.62. The van der Waals surface area contributed by atoms with Crippen LogP contribution in [-0.2, 0) is 16.1 Å². The molecule has 32 heavy (non-hydrogen) atoms. The van der Waals surface area contributed by atoms with Crippen LogP contribution >= 0.6 is 11.8 Å². The van der Waals surface area contributed by atoms with Crippen LogP contribution in [-0.4, -0.2) is 39.3 Å². The third-order valence-electron chi connectivity index (χ3n) is 4.76. The Balaban J connectivity index is 1.72. The normalized spacial score (nSPS) is 11.5. The number of amides is 1. The molecule has 2 aromatic heterocycles. The Morgan fingerprint density at radius 2 is 2.12 bits per heavy atom. The maximum atomic E-state index is 12.7. The Kier molecular flexibility index (Phi) is 7.46. The Bertz CT molecular complexity index is 1200. The number of nitrogens with one attached hydrogen (secondary N) is 1. The first-order valence-corrected chi connectivity index (χ1v) is 11.0. The van der Waals surface area contributed by atoms with Crippen LogP contribution in [0.3, 0.4) is 0 Å². The van der Waals surface area contributed by atoms with E-state index in [1.54, 1.807) is 22.9 Å². The number of thioether (sulfide) groups is 1. The van der Waals surface area contributed by atoms with Crippen LogP contribution < -0.4 is 5.32 Å². The summed E-state index contributed by atoms with van der Waals surface area (Å²) in [7, 11) is 0. The quantitative estimate of drug-likeness (QED) is 0.300. The van der Waals surface area contributed by atoms with E-state index in [-0.39, 0.29) is 17.9 Å². The lowest BCUT2D eigenvalue weighted by Crippen LogP contribution is -2.42. The van der Waals surface area contributed by atoms with Crippen molar-refractivity contribution < 1.29 is 19.2 Å². The molecule has 164 valence electrons. The van der Waals surface area contributed by atoms with Crippen LogP contribution in [0.25, 0.3) is 5.52 Å². The van der Waals surface area contributed by atoms with E-state index in [0.29, 0.717) is 28.8 Å². The Morgan fingerprint density at radius 1 is 1.31 bits per heavy atom. The number of aromatic nitrogens is 1. The fourth-order valence-electron chi connectivity index (χ4n) is 3.15. The van der Waals surface area contributed by atoms with Crippen molar-refractivity contribution in [3.8, 4) is 6.07 Å². The molecule has 0 fully saturated rings. The molecule has 1 unspecified atom stereocenters. The molecule has 0 radical (unpaired) electrons. The van der Waals surface area contributed by atoms with Gasteiger partial charge in [-0.3, -0.25) is 14.9 Å². The minimum Gasteiger partial charge on any atom is -0.459 e. The van der Waals surface area contributed by atoms with Gasteiger partial charge in [-0.1, -0.05) is 12.1 Å². The molecule has 2 heterocycles. The van der Waals surface area contributed by atoms with Crippen LogP contribution in [0.4, 0.5) is 5.69 Å². The predicted octanol–water partition coefficient (Wildman–Crippen LogP) is 3.31. The van der Waals surface area contributed by atoms with Gasteiger partial charge in [0.25, 0.3) is 11.6 Å². The zero-order valence-corrected chi connectivity index (χ0v) is 18.0. The highest BCUT2D eigenvalue weighted by molar-refractivity contribution is 7.98. The third kappa shape index (κ3) is 5.25. The number of nitro groups is 1. The van der Waals surface area contributed by atoms with Crippen molar-refractivity contribution >= 4 is 34.8 Å². The number of nitrogens with zero attached hydrogens (tertiary/aromatic N) is 3. The van der Waals surface area contributed by atoms with Gasteiger partial charge in [0.15, 0.2) is 0 Å². The maximum Gasteiger partial charge on any atom is 0.329 e. The highest BCUT2D eigenvalue weighted by Crippen LogP contribution is 2.19. The number of carbonyl (C=O) groups is 2. The zero-order chi connectivity index (χ0) is 23.1. The molecule has 0 saturated heterocycles. The van der Waals surface area contributed by atoms with Gasteiger partial charge in [0.1, 0.15) is 18.7 Å². The van der Waals surface area contributed by atoms with Gasteiger partial charge >= 0.3 is 5.97 Å². The van der Waals surface area contributed by atoms with Crippen LogP contribution in [0.2, 0.25) is 0 Å². The van der Waals surface area contributed by atoms with E-state index in [4.69, 9.17) is 4.74 Å². The van der Waals surface area contributed by atoms with Gasteiger partial charge in [0.05, 0.1) is 16.0 Å². The SMILES string of the molecule is CSCCC(NC(=O)c1cccc([N+](=O)[O-])c1)C(=O)OCc1cn2ccccc2c1C#N. The molecule has 10 heteroatoms. The second-order valence-corrected chi connectivity index (χ2v) is 7.84. The average molecular weight is 452 g/mol. The van der Waals surface area contributed by atoms with Gasteiger partial charge in [0.2, 0.25) is 0 Å². The summed E-state index contributed by atoms with van der Waals surface area (Å²) in [5.41, 5.74) is 1.54. The molecule has 9 nitrogen and oxygen atoms in total. The number of hydrogen-bond acceptors (Lipinski definition) is 7. The van der Waals surface area contributed by atoms with E-state index in [2.05, 4.69) is 11.4 Å². The number of esters is 1. The van der Waals surface area contributed by atoms with E-state index in [1.807, 2.05) is 18.4 Å². The number of benzene rings is 1. The molecule has 0 aliphatic rings. The molecular formula is C22H20N4O5S. The molecular weight excluding hydrogens is 432 g/mol. The molecule has 0 bridgehead atoms. The molecule has 3 aromatic rings. The third-order valence-corrected chi connectivity index (χ3v) is 5.41. The maximum absolute atomic E-state index is 12.7. The molecule has 0 spiro atoms. The van der Waals surface area contributed by atoms with Gasteiger partial charge in [-0.15, -0.1) is 0 Å². The number of rotatable bonds is 9. The summed E-state index contributed by atoms with van der Waals surface area (Å²) < 4.78 is 7.20. The van der Waals surface area contributed by atoms with Crippen LogP contribution in [0.5, 0.6) is 0 Å². The van der Waals surface area contributed by atoms with Gasteiger partial charge in [-0.2, -0.15) is 17.0 Å². The largest absolute Gasteiger partial charge is 0.459 e. The highest BCUT2D eigenvalue weighted by atomic mass is 32.2. The van der Waals surface area contributed by atoms with Gasteiger partial charge in [0, 0.05) is 35.7 Å². The molecule has 1 N–H and O–H groups in total. The zero-order valence-electron chi connectivity index (χ0n) is 17.2. The molecule has 1 atom stereocenters. The van der Waals surface area contributed by atoms with Gasteiger partial charge < -0.3 is 14.5 Å². The van der Waals surface area contributed by atoms with Gasteiger partial charge in [-0.25, -0.2) is 4.79 Å². The topological polar surface area (TPSA) is 127 Å². The van der Waals surface area contributed by atoms with Crippen molar-refractivity contribution in [2.45, 2.75) is 19.1 Å². The number of pyridine rings is 1. The first-order valence-electron chi connectivity index (χ1n) is 9.64. The minimum absolute atomic E-state index is 0.0756. The van der Waals surface area contributed by atoms with E-state index in [9.17, 15) is 25.0 Å². The lowest BCUT2D eigenvalue weighted by atomic mass is 10.1. The summed E-state index contributed by atoms with van der Waals surface area (Å²) in [4.78, 5) is 35.7. The second kappa shape index (κ2) is 10.5. The minimum atomic E-state index is -0.934. The molecule has 0 saturated carbocycles. The number of non-ortho nitro benzene ring substituents is 1. The summed E-state index contributed by atoms with van der Waals surface area (Å²) in [5.74, 6) is -0.657. The number of ether oxygens (including phenoxy) is 1. The number of nitro benzene ring substituents is 1. The molecule has 1 aromatic carbocycles. The summed E-state index contributed by atoms with van der Waals surface area (Å²) in [6.45, 7) is -0.119. The molecule has 3 rings (SSSR count). The Morgan fingerprint density at radius 3 is 2.84 bits per heavy atom. The molecule has 0 aliphatic carbocycles. The molecule has 0 aliphatic heterocycles. The smallest absolute Gasteiger partial charge is 0.329 e. The van der Waals surface area contributed by atoms with Crippen LogP contribution in [0, 0.1) is 21.4 Å². The van der Waals surface area contributed by atoms with E-state index in [0.717, 1.165) is 6.07 Å². The number of hydrogen-bond donors (Lipinski definition) is 1. The Hall–Kier alpha value is -3.84. The fraction of sp³-hybridized carbons (Fsp3) is 0.227. The first-order chi connectivity index (χ1) is 15.4. The number of carbonyl (C=O) groups excluding carboxylic acids is 2. The van der Waals surface area contributed by atoms with Crippen molar-refractivity contribution in [2.75, 3.05) is 12.0 Å². The predicted molar refractivity (Wildman–Crippen MR) is 119 cm³/mol. The van der Waals surface area contributed by atoms with Crippen LogP contribution in [0.15, 0.2) is 54.9 Å². The summed E-state index contributed by atoms with van der Waals surface area (Å²) in [6, 6.07) is 11.9. The summed E-state index contributed by atoms with van der Waals surface area (Å²) in [6.07, 6.45) is 5.71. The van der Waals surface area contributed by atoms with Crippen molar-refractivity contribution in [2.24, 2.45) is 0 Å². The van der Waals surface area contributed by atoms with E-state index in [1.165, 1.54) is 30.0 Å². The van der Waals surface area contributed by atoms with Crippen molar-refractivity contribution in [3.05, 3.63) is 81.7 Å².